The van der Waals surface area contributed by atoms with Gasteiger partial charge in [0, 0.05) is 13.0 Å². The van der Waals surface area contributed by atoms with Gasteiger partial charge in [-0.25, -0.2) is 0 Å². The van der Waals surface area contributed by atoms with E-state index in [9.17, 15) is 4.79 Å². The monoisotopic (exact) mass is 155 g/mol. The molecule has 0 aromatic carbocycles. The lowest BCUT2D eigenvalue weighted by Gasteiger charge is -2.20. The smallest absolute Gasteiger partial charge is 0.220 e. The molecule has 2 nitrogen and oxygen atoms in total. The first kappa shape index (κ1) is 8.57. The minimum atomic E-state index is 0.226. The normalized spacial score (nSPS) is 33.8. The number of hydrogen-bond acceptors (Lipinski definition) is 1. The van der Waals surface area contributed by atoms with Crippen molar-refractivity contribution in [2.45, 2.75) is 33.1 Å². The van der Waals surface area contributed by atoms with Gasteiger partial charge in [-0.15, -0.1) is 0 Å². The van der Waals surface area contributed by atoms with Crippen LogP contribution < -0.4 is 5.32 Å². The van der Waals surface area contributed by atoms with Crippen molar-refractivity contribution in [3.8, 4) is 0 Å². The molecule has 1 saturated heterocycles. The number of nitrogens with one attached hydrogen (secondary N) is 1. The van der Waals surface area contributed by atoms with E-state index in [1.165, 1.54) is 12.8 Å². The highest BCUT2D eigenvalue weighted by Gasteiger charge is 2.14. The minimum absolute atomic E-state index is 0.226. The van der Waals surface area contributed by atoms with Crippen LogP contribution in [0.5, 0.6) is 0 Å². The molecule has 1 amide bonds. The zero-order valence-corrected chi connectivity index (χ0v) is 7.39. The van der Waals surface area contributed by atoms with Crippen molar-refractivity contribution >= 4 is 5.91 Å². The van der Waals surface area contributed by atoms with Crippen molar-refractivity contribution in [2.75, 3.05) is 6.54 Å². The maximum absolute atomic E-state index is 11.1. The van der Waals surface area contributed by atoms with Gasteiger partial charge in [-0.1, -0.05) is 13.8 Å². The van der Waals surface area contributed by atoms with Crippen LogP contribution in [0.1, 0.15) is 33.1 Å². The van der Waals surface area contributed by atoms with Crippen molar-refractivity contribution in [1.29, 1.82) is 0 Å². The van der Waals surface area contributed by atoms with Crippen molar-refractivity contribution < 1.29 is 4.79 Å². The summed E-state index contributed by atoms with van der Waals surface area (Å²) in [6.45, 7) is 5.21. The van der Waals surface area contributed by atoms with Crippen LogP contribution in [0.2, 0.25) is 0 Å². The molecule has 1 fully saturated rings. The Morgan fingerprint density at radius 3 is 2.64 bits per heavy atom. The van der Waals surface area contributed by atoms with Crippen LogP contribution in [0.15, 0.2) is 0 Å². The lowest BCUT2D eigenvalue weighted by Crippen LogP contribution is -2.31. The fraction of sp³-hybridized carbons (Fsp3) is 0.889. The van der Waals surface area contributed by atoms with Gasteiger partial charge in [0.25, 0.3) is 0 Å². The predicted molar refractivity (Wildman–Crippen MR) is 45.2 cm³/mol. The molecule has 2 unspecified atom stereocenters. The molecule has 0 aromatic heterocycles. The van der Waals surface area contributed by atoms with Gasteiger partial charge in [-0.05, 0) is 24.7 Å². The Hall–Kier alpha value is -0.530. The van der Waals surface area contributed by atoms with E-state index in [2.05, 4.69) is 19.2 Å². The highest BCUT2D eigenvalue weighted by Crippen LogP contribution is 2.16. The standard InChI is InChI=1S/C9H17NO/c1-7-3-4-8(2)6-10-9(11)5-7/h7-8H,3-6H2,1-2H3,(H,10,11). The predicted octanol–water partition coefficient (Wildman–Crippen LogP) is 1.56. The Labute approximate surface area is 68.4 Å². The molecule has 64 valence electrons. The third kappa shape index (κ3) is 2.91. The lowest BCUT2D eigenvalue weighted by molar-refractivity contribution is -0.122. The summed E-state index contributed by atoms with van der Waals surface area (Å²) in [5.74, 6) is 1.45. The third-order valence-electron chi connectivity index (χ3n) is 2.33. The van der Waals surface area contributed by atoms with Crippen molar-refractivity contribution in [3.63, 3.8) is 0 Å². The molecule has 0 bridgehead atoms. The molecule has 0 aliphatic carbocycles. The second-order valence-corrected chi connectivity index (χ2v) is 3.80. The van der Waals surface area contributed by atoms with E-state index in [4.69, 9.17) is 0 Å². The molecule has 0 spiro atoms. The molecule has 2 heteroatoms. The maximum atomic E-state index is 11.1. The summed E-state index contributed by atoms with van der Waals surface area (Å²) in [6.07, 6.45) is 3.17. The largest absolute Gasteiger partial charge is 0.356 e. The van der Waals surface area contributed by atoms with Gasteiger partial charge >= 0.3 is 0 Å². The van der Waals surface area contributed by atoms with Gasteiger partial charge in [0.15, 0.2) is 0 Å². The molecule has 1 aliphatic rings. The van der Waals surface area contributed by atoms with E-state index >= 15 is 0 Å². The Kier molecular flexibility index (Phi) is 2.92. The molecule has 11 heavy (non-hydrogen) atoms. The summed E-state index contributed by atoms with van der Waals surface area (Å²) in [6, 6.07) is 0. The fourth-order valence-electron chi connectivity index (χ4n) is 1.45. The number of rotatable bonds is 0. The van der Waals surface area contributed by atoms with E-state index in [0.29, 0.717) is 18.3 Å². The second-order valence-electron chi connectivity index (χ2n) is 3.80. The van der Waals surface area contributed by atoms with Crippen LogP contribution in [-0.4, -0.2) is 12.5 Å². The van der Waals surface area contributed by atoms with Crippen LogP contribution >= 0.6 is 0 Å². The van der Waals surface area contributed by atoms with E-state index < -0.39 is 0 Å². The average Bonchev–Trinajstić information content (AvgIpc) is 1.95. The third-order valence-corrected chi connectivity index (χ3v) is 2.33. The zero-order valence-electron chi connectivity index (χ0n) is 7.39. The zero-order chi connectivity index (χ0) is 8.27. The first-order valence-corrected chi connectivity index (χ1v) is 4.45. The van der Waals surface area contributed by atoms with E-state index in [0.717, 1.165) is 6.54 Å². The van der Waals surface area contributed by atoms with E-state index in [1.54, 1.807) is 0 Å². The minimum Gasteiger partial charge on any atom is -0.356 e. The molecular weight excluding hydrogens is 138 g/mol. The first-order chi connectivity index (χ1) is 5.18. The Morgan fingerprint density at radius 2 is 1.91 bits per heavy atom. The molecule has 1 N–H and O–H groups in total. The van der Waals surface area contributed by atoms with E-state index in [-0.39, 0.29) is 5.91 Å². The summed E-state index contributed by atoms with van der Waals surface area (Å²) in [4.78, 5) is 11.1. The number of hydrogen-bond donors (Lipinski definition) is 1. The summed E-state index contributed by atoms with van der Waals surface area (Å²) in [5.41, 5.74) is 0. The van der Waals surface area contributed by atoms with Gasteiger partial charge in [0.1, 0.15) is 0 Å². The maximum Gasteiger partial charge on any atom is 0.220 e. The van der Waals surface area contributed by atoms with Gasteiger partial charge in [-0.3, -0.25) is 4.79 Å². The van der Waals surface area contributed by atoms with Crippen LogP contribution in [0.4, 0.5) is 0 Å². The summed E-state index contributed by atoms with van der Waals surface area (Å²) in [5, 5.41) is 2.93. The Morgan fingerprint density at radius 1 is 1.27 bits per heavy atom. The molecule has 1 heterocycles. The van der Waals surface area contributed by atoms with Gasteiger partial charge in [0.2, 0.25) is 5.91 Å². The number of amides is 1. The van der Waals surface area contributed by atoms with Gasteiger partial charge in [-0.2, -0.15) is 0 Å². The summed E-state index contributed by atoms with van der Waals surface area (Å²) < 4.78 is 0. The molecule has 0 radical (unpaired) electrons. The molecule has 1 aliphatic heterocycles. The molecule has 0 saturated carbocycles. The fourth-order valence-corrected chi connectivity index (χ4v) is 1.45. The summed E-state index contributed by atoms with van der Waals surface area (Å²) >= 11 is 0. The molecule has 1 rings (SSSR count). The quantitative estimate of drug-likeness (QED) is 0.565. The Bertz CT molecular complexity index is 144. The van der Waals surface area contributed by atoms with Crippen LogP contribution in [0, 0.1) is 11.8 Å². The number of carbonyl (C=O) groups excluding carboxylic acids is 1. The van der Waals surface area contributed by atoms with Crippen LogP contribution in [0.3, 0.4) is 0 Å². The van der Waals surface area contributed by atoms with Gasteiger partial charge < -0.3 is 5.32 Å². The van der Waals surface area contributed by atoms with E-state index in [1.807, 2.05) is 0 Å². The highest BCUT2D eigenvalue weighted by atomic mass is 16.1. The lowest BCUT2D eigenvalue weighted by atomic mass is 9.93. The molecule has 0 aromatic rings. The van der Waals surface area contributed by atoms with Crippen LogP contribution in [-0.2, 0) is 4.79 Å². The first-order valence-electron chi connectivity index (χ1n) is 4.45. The topological polar surface area (TPSA) is 29.1 Å². The van der Waals surface area contributed by atoms with Crippen molar-refractivity contribution in [2.24, 2.45) is 11.8 Å². The molecule has 2 atom stereocenters. The SMILES string of the molecule is CC1CCC(C)CC(=O)NC1. The number of carbonyl (C=O) groups is 1. The Balaban J connectivity index is 2.40. The van der Waals surface area contributed by atoms with Crippen molar-refractivity contribution in [1.82, 2.24) is 5.32 Å². The van der Waals surface area contributed by atoms with Crippen LogP contribution in [0.25, 0.3) is 0 Å². The summed E-state index contributed by atoms with van der Waals surface area (Å²) in [7, 11) is 0. The van der Waals surface area contributed by atoms with Crippen molar-refractivity contribution in [3.05, 3.63) is 0 Å². The average molecular weight is 155 g/mol. The molecular formula is C9H17NO. The highest BCUT2D eigenvalue weighted by molar-refractivity contribution is 5.76. The van der Waals surface area contributed by atoms with Gasteiger partial charge in [0.05, 0.1) is 0 Å². The second kappa shape index (κ2) is 3.74.